The number of benzene rings is 1. The SMILES string of the molecule is C=CCOCC(COc1ccc(CCCCCCCCC)cc1)OCCOCCOCCOCCOCCOCCOCCOCCOCCOCCO[S+]([O])(=O)ON. The first-order chi connectivity index (χ1) is 29.0. The molecule has 345 valence electrons. The summed E-state index contributed by atoms with van der Waals surface area (Å²) in [4.78, 5) is 0. The first kappa shape index (κ1) is 55.3. The molecule has 0 fully saturated rings. The van der Waals surface area contributed by atoms with E-state index in [2.05, 4.69) is 40.0 Å². The predicted molar refractivity (Wildman–Crippen MR) is 222 cm³/mol. The van der Waals surface area contributed by atoms with Gasteiger partial charge in [0, 0.05) is 4.21 Å². The van der Waals surface area contributed by atoms with Crippen LogP contribution in [0.25, 0.3) is 0 Å². The maximum absolute atomic E-state index is 10.8. The fourth-order valence-corrected chi connectivity index (χ4v) is 5.34. The number of nitrogens with two attached hydrogens (primary N) is 1. The Morgan fingerprint density at radius 1 is 0.559 bits per heavy atom. The van der Waals surface area contributed by atoms with E-state index in [0.29, 0.717) is 132 Å². The summed E-state index contributed by atoms with van der Waals surface area (Å²) in [7, 11) is -4.15. The van der Waals surface area contributed by atoms with Crippen molar-refractivity contribution in [2.45, 2.75) is 64.4 Å². The van der Waals surface area contributed by atoms with Crippen LogP contribution in [0.2, 0.25) is 0 Å². The Morgan fingerprint density at radius 3 is 1.39 bits per heavy atom. The molecule has 1 rings (SSSR count). The van der Waals surface area contributed by atoms with Gasteiger partial charge in [0.2, 0.25) is 0 Å². The molecule has 0 aliphatic heterocycles. The molecule has 0 aromatic heterocycles. The normalized spacial score (nSPS) is 13.1. The van der Waals surface area contributed by atoms with Gasteiger partial charge in [0.25, 0.3) is 0 Å². The quantitative estimate of drug-likeness (QED) is 0.0411. The van der Waals surface area contributed by atoms with E-state index in [1.54, 1.807) is 6.08 Å². The minimum absolute atomic E-state index is 0.0582. The molecule has 0 amide bonds. The van der Waals surface area contributed by atoms with Crippen LogP contribution in [-0.4, -0.2) is 158 Å². The Kier molecular flexibility index (Phi) is 40.3. The van der Waals surface area contributed by atoms with Crippen LogP contribution in [-0.2, 0) is 86.5 Å². The molecule has 1 aromatic rings. The standard InChI is InChI=1S/C41H75NO16S/c1-3-5-6-7-8-9-10-11-39-12-14-40(15-13-39)56-38-41(37-54-16-4-2)55-35-33-52-31-29-50-27-25-48-23-21-46-19-17-45-18-20-47-22-24-49-26-28-51-30-32-53-34-36-57-59(43,44)58-42/h4,12-15,41H,2-3,5-11,16-38,42H2,1H3/q+1. The second-order valence-electron chi connectivity index (χ2n) is 13.0. The van der Waals surface area contributed by atoms with Gasteiger partial charge >= 0.3 is 10.8 Å². The van der Waals surface area contributed by atoms with E-state index in [9.17, 15) is 8.76 Å². The Balaban J connectivity index is 1.86. The van der Waals surface area contributed by atoms with E-state index in [1.807, 2.05) is 12.1 Å². The molecule has 0 spiro atoms. The number of hydrogen-bond acceptors (Lipinski definition) is 16. The zero-order chi connectivity index (χ0) is 42.6. The number of hydrogen-bond donors (Lipinski definition) is 1. The number of rotatable bonds is 48. The molecule has 17 nitrogen and oxygen atoms in total. The summed E-state index contributed by atoms with van der Waals surface area (Å²) in [5.41, 5.74) is 1.35. The zero-order valence-electron chi connectivity index (χ0n) is 35.6. The van der Waals surface area contributed by atoms with Gasteiger partial charge in [-0.2, -0.15) is 5.90 Å². The van der Waals surface area contributed by atoms with Crippen molar-refractivity contribution in [1.29, 1.82) is 0 Å². The van der Waals surface area contributed by atoms with Crippen LogP contribution in [0.15, 0.2) is 36.9 Å². The summed E-state index contributed by atoms with van der Waals surface area (Å²) >= 11 is 0. The van der Waals surface area contributed by atoms with E-state index in [4.69, 9.17) is 56.8 Å². The molecule has 0 saturated carbocycles. The van der Waals surface area contributed by atoms with Crippen molar-refractivity contribution in [1.82, 2.24) is 0 Å². The van der Waals surface area contributed by atoms with Crippen molar-refractivity contribution in [3.63, 3.8) is 0 Å². The van der Waals surface area contributed by atoms with Crippen LogP contribution in [0, 0.1) is 0 Å². The van der Waals surface area contributed by atoms with Crippen molar-refractivity contribution in [2.24, 2.45) is 5.90 Å². The molecule has 2 N–H and O–H groups in total. The molecule has 0 aliphatic rings. The molecule has 2 unspecified atom stereocenters. The lowest BCUT2D eigenvalue weighted by atomic mass is 10.0. The maximum Gasteiger partial charge on any atom is 0.564 e. The highest BCUT2D eigenvalue weighted by Gasteiger charge is 2.32. The average Bonchev–Trinajstić information content (AvgIpc) is 3.24. The molecule has 18 heteroatoms. The molecule has 1 aromatic carbocycles. The second kappa shape index (κ2) is 43.0. The Hall–Kier alpha value is -1.69. The van der Waals surface area contributed by atoms with Crippen molar-refractivity contribution >= 4 is 10.8 Å². The van der Waals surface area contributed by atoms with Crippen LogP contribution >= 0.6 is 0 Å². The van der Waals surface area contributed by atoms with Crippen LogP contribution in [0.3, 0.4) is 0 Å². The third kappa shape index (κ3) is 38.9. The minimum atomic E-state index is -4.15. The summed E-state index contributed by atoms with van der Waals surface area (Å²) in [5.74, 6) is 5.36. The van der Waals surface area contributed by atoms with Gasteiger partial charge in [-0.15, -0.1) is 10.8 Å². The molecule has 0 aliphatic carbocycles. The largest absolute Gasteiger partial charge is 0.564 e. The van der Waals surface area contributed by atoms with Gasteiger partial charge in [-0.25, -0.2) is 0 Å². The molecular formula is C41H75NO16S+. The molecule has 2 atom stereocenters. The lowest BCUT2D eigenvalue weighted by molar-refractivity contribution is -0.0571. The fraction of sp³-hybridized carbons (Fsp3) is 0.805. The highest BCUT2D eigenvalue weighted by atomic mass is 32.3. The molecule has 1 radical (unpaired) electrons. The molecule has 0 saturated heterocycles. The smallest absolute Gasteiger partial charge is 0.491 e. The zero-order valence-corrected chi connectivity index (χ0v) is 36.4. The predicted octanol–water partition coefficient (Wildman–Crippen LogP) is 4.68. The second-order valence-corrected chi connectivity index (χ2v) is 14.2. The highest BCUT2D eigenvalue weighted by Crippen LogP contribution is 2.16. The van der Waals surface area contributed by atoms with Crippen LogP contribution in [0.4, 0.5) is 0 Å². The lowest BCUT2D eigenvalue weighted by Crippen LogP contribution is -2.29. The third-order valence-corrected chi connectivity index (χ3v) is 8.79. The van der Waals surface area contributed by atoms with Gasteiger partial charge in [0.1, 0.15) is 29.6 Å². The summed E-state index contributed by atoms with van der Waals surface area (Å²) in [6, 6.07) is 8.38. The van der Waals surface area contributed by atoms with E-state index in [0.717, 1.165) is 12.2 Å². The van der Waals surface area contributed by atoms with Crippen LogP contribution in [0.5, 0.6) is 5.75 Å². The summed E-state index contributed by atoms with van der Waals surface area (Å²) < 4.78 is 96.4. The molecule has 59 heavy (non-hydrogen) atoms. The highest BCUT2D eigenvalue weighted by molar-refractivity contribution is 7.88. The summed E-state index contributed by atoms with van der Waals surface area (Å²) in [6.45, 7) is 14.9. The van der Waals surface area contributed by atoms with E-state index < -0.39 is 10.8 Å². The first-order valence-electron chi connectivity index (χ1n) is 21.0. The van der Waals surface area contributed by atoms with Crippen molar-refractivity contribution < 1.29 is 74.1 Å². The summed E-state index contributed by atoms with van der Waals surface area (Å²) in [5, 5.41) is 0. The van der Waals surface area contributed by atoms with Crippen LogP contribution < -0.4 is 10.6 Å². The van der Waals surface area contributed by atoms with Gasteiger partial charge in [-0.05, 0) is 34.8 Å². The molecular weight excluding hydrogens is 795 g/mol. The number of ether oxygens (including phenoxy) is 12. The summed E-state index contributed by atoms with van der Waals surface area (Å²) in [6.07, 6.45) is 11.8. The van der Waals surface area contributed by atoms with E-state index in [1.165, 1.54) is 50.5 Å². The number of aryl methyl sites for hydroxylation is 1. The first-order valence-corrected chi connectivity index (χ1v) is 22.3. The Morgan fingerprint density at radius 2 is 0.966 bits per heavy atom. The van der Waals surface area contributed by atoms with E-state index >= 15 is 0 Å². The van der Waals surface area contributed by atoms with Crippen molar-refractivity contribution in [3.8, 4) is 5.75 Å². The maximum atomic E-state index is 10.8. The Labute approximate surface area is 354 Å². The average molecular weight is 870 g/mol. The van der Waals surface area contributed by atoms with Crippen LogP contribution in [0.1, 0.15) is 57.4 Å². The molecule has 0 heterocycles. The molecule has 0 bridgehead atoms. The Bertz CT molecular complexity index is 1080. The minimum Gasteiger partial charge on any atom is -0.491 e. The van der Waals surface area contributed by atoms with Gasteiger partial charge in [0.15, 0.2) is 0 Å². The monoisotopic (exact) mass is 869 g/mol. The van der Waals surface area contributed by atoms with Gasteiger partial charge in [-0.3, -0.25) is 0 Å². The fourth-order valence-electron chi connectivity index (χ4n) is 5.01. The van der Waals surface area contributed by atoms with Crippen molar-refractivity contribution in [3.05, 3.63) is 42.5 Å². The van der Waals surface area contributed by atoms with Gasteiger partial charge in [0.05, 0.1) is 139 Å². The topological polar surface area (TPSA) is 192 Å². The third-order valence-electron chi connectivity index (χ3n) is 8.10. The van der Waals surface area contributed by atoms with Gasteiger partial charge in [-0.1, -0.05) is 63.7 Å². The van der Waals surface area contributed by atoms with Gasteiger partial charge < -0.3 is 56.8 Å². The van der Waals surface area contributed by atoms with Crippen molar-refractivity contribution in [2.75, 3.05) is 152 Å². The van der Waals surface area contributed by atoms with E-state index in [-0.39, 0.29) is 25.9 Å². The number of unbranched alkanes of at least 4 members (excludes halogenated alkanes) is 6. The lowest BCUT2D eigenvalue weighted by Gasteiger charge is -2.19.